The molecule has 0 atom stereocenters. The van der Waals surface area contributed by atoms with E-state index < -0.39 is 0 Å². The average Bonchev–Trinajstić information content (AvgIpc) is 3.11. The summed E-state index contributed by atoms with van der Waals surface area (Å²) in [6, 6.07) is 29.1. The van der Waals surface area contributed by atoms with Gasteiger partial charge in [-0.1, -0.05) is 78.9 Å². The van der Waals surface area contributed by atoms with Gasteiger partial charge in [-0.15, -0.1) is 11.8 Å². The second-order valence-electron chi connectivity index (χ2n) is 7.00. The van der Waals surface area contributed by atoms with Crippen LogP contribution in [0.3, 0.4) is 0 Å². The minimum absolute atomic E-state index is 0.0748. The highest BCUT2D eigenvalue weighted by Crippen LogP contribution is 2.30. The molecule has 0 aliphatic carbocycles. The summed E-state index contributed by atoms with van der Waals surface area (Å²) in [7, 11) is 0. The Hall–Kier alpha value is -2.98. The maximum absolute atomic E-state index is 12.3. The number of thioether (sulfide) groups is 1. The molecule has 0 aliphatic rings. The molecule has 0 spiro atoms. The van der Waals surface area contributed by atoms with E-state index in [2.05, 4.69) is 76.7 Å². The summed E-state index contributed by atoms with van der Waals surface area (Å²) in [5.41, 5.74) is 3.70. The largest absolute Gasteiger partial charge is 0.355 e. The highest BCUT2D eigenvalue weighted by atomic mass is 32.2. The second-order valence-corrected chi connectivity index (χ2v) is 8.02. The Bertz CT molecular complexity index is 1070. The minimum atomic E-state index is 0.0748. The number of hydrogen-bond acceptors (Lipinski definition) is 2. The molecule has 1 amide bonds. The topological polar surface area (TPSA) is 34.0 Å². The summed E-state index contributed by atoms with van der Waals surface area (Å²) < 4.78 is 2.26. The molecule has 1 N–H and O–H groups in total. The molecule has 4 aromatic rings. The fourth-order valence-electron chi connectivity index (χ4n) is 3.42. The van der Waals surface area contributed by atoms with Crippen LogP contribution in [0.4, 0.5) is 0 Å². The Balaban J connectivity index is 1.38. The van der Waals surface area contributed by atoms with Crippen molar-refractivity contribution >= 4 is 28.6 Å². The Morgan fingerprint density at radius 3 is 2.24 bits per heavy atom. The van der Waals surface area contributed by atoms with Crippen molar-refractivity contribution in [3.05, 3.63) is 102 Å². The molecule has 0 bridgehead atoms. The number of aromatic nitrogens is 1. The fraction of sp³-hybridized carbons (Fsp3) is 0.160. The molecule has 1 heterocycles. The zero-order chi connectivity index (χ0) is 19.9. The predicted molar refractivity (Wildman–Crippen MR) is 121 cm³/mol. The van der Waals surface area contributed by atoms with Crippen molar-refractivity contribution < 1.29 is 4.79 Å². The maximum atomic E-state index is 12.3. The summed E-state index contributed by atoms with van der Waals surface area (Å²) >= 11 is 1.60. The van der Waals surface area contributed by atoms with Crippen molar-refractivity contribution in [3.63, 3.8) is 0 Å². The number of amides is 1. The molecule has 0 unspecified atom stereocenters. The third-order valence-corrected chi connectivity index (χ3v) is 5.93. The Morgan fingerprint density at radius 1 is 0.828 bits per heavy atom. The van der Waals surface area contributed by atoms with Gasteiger partial charge < -0.3 is 9.88 Å². The van der Waals surface area contributed by atoms with Gasteiger partial charge in [-0.3, -0.25) is 4.79 Å². The number of nitrogens with one attached hydrogen (secondary N) is 1. The number of fused-ring (bicyclic) bond motifs is 1. The quantitative estimate of drug-likeness (QED) is 0.416. The Labute approximate surface area is 175 Å². The van der Waals surface area contributed by atoms with E-state index in [9.17, 15) is 4.79 Å². The SMILES string of the molecule is O=C(CSc1cn(Cc2ccccc2)c2ccccc12)NCCc1ccccc1. The van der Waals surface area contributed by atoms with E-state index in [4.69, 9.17) is 0 Å². The van der Waals surface area contributed by atoms with Crippen molar-refractivity contribution in [2.45, 2.75) is 17.9 Å². The number of benzene rings is 3. The summed E-state index contributed by atoms with van der Waals surface area (Å²) in [6.07, 6.45) is 3.02. The van der Waals surface area contributed by atoms with Gasteiger partial charge in [0.15, 0.2) is 0 Å². The smallest absolute Gasteiger partial charge is 0.230 e. The van der Waals surface area contributed by atoms with E-state index in [1.165, 1.54) is 22.0 Å². The maximum Gasteiger partial charge on any atom is 0.230 e. The van der Waals surface area contributed by atoms with Crippen molar-refractivity contribution in [1.29, 1.82) is 0 Å². The van der Waals surface area contributed by atoms with E-state index in [-0.39, 0.29) is 5.91 Å². The average molecular weight is 401 g/mol. The van der Waals surface area contributed by atoms with Gasteiger partial charge in [0.1, 0.15) is 0 Å². The van der Waals surface area contributed by atoms with Crippen molar-refractivity contribution in [3.8, 4) is 0 Å². The first kappa shape index (κ1) is 19.3. The highest BCUT2D eigenvalue weighted by molar-refractivity contribution is 8.00. The molecule has 3 aromatic carbocycles. The predicted octanol–water partition coefficient (Wildman–Crippen LogP) is 5.14. The van der Waals surface area contributed by atoms with Gasteiger partial charge in [-0.05, 0) is 23.6 Å². The number of para-hydroxylation sites is 1. The third kappa shape index (κ3) is 5.09. The van der Waals surface area contributed by atoms with Gasteiger partial charge in [0.25, 0.3) is 0 Å². The van der Waals surface area contributed by atoms with Crippen LogP contribution < -0.4 is 5.32 Å². The van der Waals surface area contributed by atoms with Crippen LogP contribution >= 0.6 is 11.8 Å². The molecule has 1 aromatic heterocycles. The number of nitrogens with zero attached hydrogens (tertiary/aromatic N) is 1. The molecule has 0 saturated carbocycles. The number of carbonyl (C=O) groups is 1. The fourth-order valence-corrected chi connectivity index (χ4v) is 4.34. The van der Waals surface area contributed by atoms with Gasteiger partial charge in [0.05, 0.1) is 5.75 Å². The van der Waals surface area contributed by atoms with Crippen LogP contribution in [0.5, 0.6) is 0 Å². The molecular weight excluding hydrogens is 376 g/mol. The molecule has 0 saturated heterocycles. The van der Waals surface area contributed by atoms with Gasteiger partial charge in [0, 0.05) is 35.1 Å². The third-order valence-electron chi connectivity index (χ3n) is 4.89. The molecule has 4 heteroatoms. The lowest BCUT2D eigenvalue weighted by molar-refractivity contribution is -0.118. The van der Waals surface area contributed by atoms with E-state index in [0.29, 0.717) is 12.3 Å². The molecule has 4 rings (SSSR count). The van der Waals surface area contributed by atoms with Crippen LogP contribution in [0.25, 0.3) is 10.9 Å². The lowest BCUT2D eigenvalue weighted by Crippen LogP contribution is -2.27. The van der Waals surface area contributed by atoms with E-state index in [1.807, 2.05) is 24.3 Å². The normalized spacial score (nSPS) is 10.9. The zero-order valence-electron chi connectivity index (χ0n) is 16.3. The lowest BCUT2D eigenvalue weighted by Gasteiger charge is -2.05. The summed E-state index contributed by atoms with van der Waals surface area (Å²) in [6.45, 7) is 1.49. The first-order valence-electron chi connectivity index (χ1n) is 9.85. The van der Waals surface area contributed by atoms with Gasteiger partial charge in [-0.2, -0.15) is 0 Å². The van der Waals surface area contributed by atoms with Crippen molar-refractivity contribution in [2.24, 2.45) is 0 Å². The van der Waals surface area contributed by atoms with Gasteiger partial charge in [-0.25, -0.2) is 0 Å². The van der Waals surface area contributed by atoms with Crippen LogP contribution in [0.15, 0.2) is 96.0 Å². The minimum Gasteiger partial charge on any atom is -0.355 e. The molecule has 0 aliphatic heterocycles. The lowest BCUT2D eigenvalue weighted by atomic mass is 10.1. The highest BCUT2D eigenvalue weighted by Gasteiger charge is 2.11. The molecular formula is C25H24N2OS. The summed E-state index contributed by atoms with van der Waals surface area (Å²) in [4.78, 5) is 13.4. The summed E-state index contributed by atoms with van der Waals surface area (Å²) in [5.74, 6) is 0.500. The van der Waals surface area contributed by atoms with Crippen molar-refractivity contribution in [1.82, 2.24) is 9.88 Å². The van der Waals surface area contributed by atoms with Crippen LogP contribution in [0.2, 0.25) is 0 Å². The number of rotatable bonds is 8. The molecule has 146 valence electrons. The van der Waals surface area contributed by atoms with Crippen LogP contribution in [-0.2, 0) is 17.8 Å². The first-order chi connectivity index (χ1) is 14.3. The van der Waals surface area contributed by atoms with Gasteiger partial charge in [0.2, 0.25) is 5.91 Å². The van der Waals surface area contributed by atoms with E-state index in [1.54, 1.807) is 11.8 Å². The van der Waals surface area contributed by atoms with Crippen LogP contribution in [-0.4, -0.2) is 22.8 Å². The zero-order valence-corrected chi connectivity index (χ0v) is 17.1. The number of carbonyl (C=O) groups excluding carboxylic acids is 1. The second kappa shape index (κ2) is 9.48. The van der Waals surface area contributed by atoms with Crippen LogP contribution in [0, 0.1) is 0 Å². The Kier molecular flexibility index (Phi) is 6.32. The summed E-state index contributed by atoms with van der Waals surface area (Å²) in [5, 5.41) is 4.23. The molecule has 3 nitrogen and oxygen atoms in total. The first-order valence-corrected chi connectivity index (χ1v) is 10.8. The molecule has 29 heavy (non-hydrogen) atoms. The van der Waals surface area contributed by atoms with E-state index >= 15 is 0 Å². The Morgan fingerprint density at radius 2 is 1.48 bits per heavy atom. The van der Waals surface area contributed by atoms with E-state index in [0.717, 1.165) is 17.9 Å². The molecule has 0 fully saturated rings. The van der Waals surface area contributed by atoms with Crippen LogP contribution in [0.1, 0.15) is 11.1 Å². The monoisotopic (exact) mass is 400 g/mol. The van der Waals surface area contributed by atoms with Gasteiger partial charge >= 0.3 is 0 Å². The molecule has 0 radical (unpaired) electrons. The van der Waals surface area contributed by atoms with Crippen molar-refractivity contribution in [2.75, 3.05) is 12.3 Å². The standard InChI is InChI=1S/C25H24N2OS/c28-25(26-16-15-20-9-3-1-4-10-20)19-29-24-18-27(17-21-11-5-2-6-12-21)23-14-8-7-13-22(23)24/h1-14,18H,15-17,19H2,(H,26,28). The number of hydrogen-bond donors (Lipinski definition) is 1.